The molecule has 0 aromatic heterocycles. The summed E-state index contributed by atoms with van der Waals surface area (Å²) in [4.78, 5) is 210. The molecule has 0 unspecified atom stereocenters. The molecule has 38 nitrogen and oxygen atoms in total. The van der Waals surface area contributed by atoms with Gasteiger partial charge in [0.25, 0.3) is 0 Å². The Morgan fingerprint density at radius 1 is 0.371 bits per heavy atom. The predicted octanol–water partition coefficient (Wildman–Crippen LogP) is -9.47. The standard InChI is InChI=1S/C51H87N17O21/c1-22(2)17-30(47(85)66-32(19-37(55)73)48(86)67-33(20-69)49(87)68-34(21-70)50(88)89)64-40(78)24(5)59-42(80)26(7-6-16-58-51(56)57)61-44(82)29(11-15-39(76)77)63-46(84)31(18-23(3)4)65-45(83)27(9-13-36(54)72)62-43(81)28(10-14-38(74)75)60-41(79)25(52)8-12-35(53)71/h22-34,69-70H,6-21,52H2,1-5H3,(H2,53,71)(H2,54,72)(H2,55,73)(H,59,80)(H,60,79)(H,61,82)(H,62,81)(H,63,84)(H,64,78)(H,65,83)(H,66,85)(H,67,86)(H,68,87)(H,74,75)(H,76,77)(H,88,89)(H4,56,57,58)/t24-,25-,26-,27-,28-,29-,30-,31-,32-,33-,34-/m0/s1. The first-order valence-corrected chi connectivity index (χ1v) is 28.0. The normalized spacial score (nSPS) is 14.7. The summed E-state index contributed by atoms with van der Waals surface area (Å²) in [6.07, 6.45) is -5.87. The van der Waals surface area contributed by atoms with E-state index in [9.17, 15) is 97.1 Å². The molecule has 27 N–H and O–H groups in total. The molecular weight excluding hydrogens is 1190 g/mol. The summed E-state index contributed by atoms with van der Waals surface area (Å²) < 4.78 is 0. The molecule has 0 aliphatic heterocycles. The van der Waals surface area contributed by atoms with E-state index in [2.05, 4.69) is 47.5 Å². The first kappa shape index (κ1) is 79.7. The molecule has 0 aromatic carbocycles. The average molecular weight is 1270 g/mol. The van der Waals surface area contributed by atoms with Gasteiger partial charge in [-0.2, -0.15) is 0 Å². The zero-order valence-electron chi connectivity index (χ0n) is 50.0. The number of hydrogen-bond donors (Lipinski definition) is 21. The minimum Gasteiger partial charge on any atom is -0.481 e. The van der Waals surface area contributed by atoms with E-state index in [0.717, 1.165) is 6.92 Å². The number of carboxylic acid groups (broad SMARTS) is 3. The third kappa shape index (κ3) is 33.4. The maximum atomic E-state index is 14.2. The Hall–Kier alpha value is -9.33. The van der Waals surface area contributed by atoms with Gasteiger partial charge in [0.15, 0.2) is 5.96 Å². The van der Waals surface area contributed by atoms with Gasteiger partial charge in [-0.15, -0.1) is 0 Å². The molecule has 0 rings (SSSR count). The summed E-state index contributed by atoms with van der Waals surface area (Å²) in [5, 5.41) is 69.9. The van der Waals surface area contributed by atoms with Crippen LogP contribution in [-0.2, 0) is 76.7 Å². The molecule has 0 aromatic rings. The molecule has 0 saturated heterocycles. The molecule has 89 heavy (non-hydrogen) atoms. The van der Waals surface area contributed by atoms with E-state index in [4.69, 9.17) is 39.5 Å². The molecule has 0 radical (unpaired) electrons. The number of aliphatic carboxylic acids is 3. The molecule has 0 spiro atoms. The van der Waals surface area contributed by atoms with Crippen molar-refractivity contribution in [2.45, 2.75) is 185 Å². The Bertz CT molecular complexity index is 2550. The zero-order valence-corrected chi connectivity index (χ0v) is 50.0. The number of aliphatic hydroxyl groups is 2. The van der Waals surface area contributed by atoms with Gasteiger partial charge in [0.05, 0.1) is 25.7 Å². The molecule has 11 atom stereocenters. The Balaban J connectivity index is 6.92. The lowest BCUT2D eigenvalue weighted by molar-refractivity contribution is -0.144. The largest absolute Gasteiger partial charge is 0.481 e. The van der Waals surface area contributed by atoms with Crippen LogP contribution >= 0.6 is 0 Å². The third-order valence-electron chi connectivity index (χ3n) is 12.6. The predicted molar refractivity (Wildman–Crippen MR) is 308 cm³/mol. The SMILES string of the molecule is CC(C)C[C@H](NC(=O)[C@H](C)NC(=O)[C@H](CCCN=C(N)N)NC(=O)[C@H](CCC(=O)O)NC(=O)[C@H](CC(C)C)NC(=O)[C@H](CCC(N)=O)NC(=O)[C@H](CCC(=O)O)NC(=O)[C@@H](N)CCC(N)=O)C(=O)N[C@@H](CC(N)=O)C(=O)N[C@@H](CO)C(=O)N[C@@H](CO)C(=O)O. The summed E-state index contributed by atoms with van der Waals surface area (Å²) in [7, 11) is 0. The summed E-state index contributed by atoms with van der Waals surface area (Å²) in [6, 6.07) is -18.5. The molecule has 502 valence electrons. The van der Waals surface area contributed by atoms with E-state index < -0.39 is 225 Å². The number of primary amides is 3. The monoisotopic (exact) mass is 1270 g/mol. The lowest BCUT2D eigenvalue weighted by Crippen LogP contribution is -2.61. The Morgan fingerprint density at radius 3 is 1.09 bits per heavy atom. The van der Waals surface area contributed by atoms with Crippen molar-refractivity contribution in [2.24, 2.45) is 51.2 Å². The third-order valence-corrected chi connectivity index (χ3v) is 12.6. The van der Waals surface area contributed by atoms with Gasteiger partial charge in [0.1, 0.15) is 60.4 Å². The maximum Gasteiger partial charge on any atom is 0.328 e. The molecule has 13 amide bonds. The van der Waals surface area contributed by atoms with E-state index in [0.29, 0.717) is 0 Å². The molecule has 0 aliphatic rings. The van der Waals surface area contributed by atoms with Crippen LogP contribution in [0.1, 0.15) is 118 Å². The van der Waals surface area contributed by atoms with E-state index in [1.54, 1.807) is 27.7 Å². The van der Waals surface area contributed by atoms with Gasteiger partial charge >= 0.3 is 17.9 Å². The minimum atomic E-state index is -1.87. The lowest BCUT2D eigenvalue weighted by Gasteiger charge is -2.28. The summed E-state index contributed by atoms with van der Waals surface area (Å²) in [5.74, 6) is -19.9. The molecule has 0 fully saturated rings. The fourth-order valence-corrected chi connectivity index (χ4v) is 7.89. The van der Waals surface area contributed by atoms with Crippen molar-refractivity contribution in [2.75, 3.05) is 19.8 Å². The highest BCUT2D eigenvalue weighted by atomic mass is 16.4. The summed E-state index contributed by atoms with van der Waals surface area (Å²) >= 11 is 0. The van der Waals surface area contributed by atoms with E-state index >= 15 is 0 Å². The van der Waals surface area contributed by atoms with Crippen LogP contribution < -0.4 is 87.6 Å². The van der Waals surface area contributed by atoms with Gasteiger partial charge in [-0.05, 0) is 70.1 Å². The first-order chi connectivity index (χ1) is 41.4. The molecule has 0 aliphatic carbocycles. The van der Waals surface area contributed by atoms with Gasteiger partial charge in [-0.1, -0.05) is 27.7 Å². The topological polar surface area (TPSA) is 663 Å². The number of nitrogens with zero attached hydrogens (tertiary/aromatic N) is 1. The molecular formula is C51H87N17O21. The highest BCUT2D eigenvalue weighted by Gasteiger charge is 2.37. The number of nitrogens with two attached hydrogens (primary N) is 6. The lowest BCUT2D eigenvalue weighted by atomic mass is 10.0. The number of carboxylic acids is 3. The molecule has 0 saturated carbocycles. The highest BCUT2D eigenvalue weighted by Crippen LogP contribution is 2.12. The van der Waals surface area contributed by atoms with Crippen LogP contribution in [0.15, 0.2) is 4.99 Å². The number of nitrogens with one attached hydrogen (secondary N) is 10. The van der Waals surface area contributed by atoms with Crippen molar-refractivity contribution in [3.05, 3.63) is 0 Å². The van der Waals surface area contributed by atoms with Crippen LogP contribution in [0.25, 0.3) is 0 Å². The number of carbonyl (C=O) groups excluding carboxylic acids is 13. The van der Waals surface area contributed by atoms with Crippen LogP contribution in [0, 0.1) is 11.8 Å². The highest BCUT2D eigenvalue weighted by molar-refractivity contribution is 6.00. The van der Waals surface area contributed by atoms with Crippen molar-refractivity contribution in [1.82, 2.24) is 53.2 Å². The Morgan fingerprint density at radius 2 is 0.697 bits per heavy atom. The number of hydrogen-bond acceptors (Lipinski definition) is 20. The van der Waals surface area contributed by atoms with E-state index in [1.165, 1.54) is 0 Å². The molecule has 0 bridgehead atoms. The second kappa shape index (κ2) is 40.9. The van der Waals surface area contributed by atoms with Crippen LogP contribution in [0.4, 0.5) is 0 Å². The van der Waals surface area contributed by atoms with Gasteiger partial charge in [-0.3, -0.25) is 76.9 Å². The van der Waals surface area contributed by atoms with E-state index in [-0.39, 0.29) is 56.9 Å². The number of amides is 13. The van der Waals surface area contributed by atoms with Crippen molar-refractivity contribution in [1.29, 1.82) is 0 Å². The number of carbonyl (C=O) groups is 16. The summed E-state index contributed by atoms with van der Waals surface area (Å²) in [5.41, 5.74) is 32.5. The van der Waals surface area contributed by atoms with E-state index in [1.807, 2.05) is 10.6 Å². The fourth-order valence-electron chi connectivity index (χ4n) is 7.89. The second-order valence-electron chi connectivity index (χ2n) is 21.3. The quantitative estimate of drug-likeness (QED) is 0.0153. The number of aliphatic hydroxyl groups excluding tert-OH is 2. The van der Waals surface area contributed by atoms with Crippen molar-refractivity contribution in [3.63, 3.8) is 0 Å². The van der Waals surface area contributed by atoms with Gasteiger partial charge in [0.2, 0.25) is 76.8 Å². The Labute approximate surface area is 510 Å². The van der Waals surface area contributed by atoms with Crippen LogP contribution in [0.5, 0.6) is 0 Å². The molecule has 0 heterocycles. The average Bonchev–Trinajstić information content (AvgIpc) is 3.60. The minimum absolute atomic E-state index is 0.0396. The number of guanidine groups is 1. The molecule has 38 heteroatoms. The van der Waals surface area contributed by atoms with Crippen LogP contribution in [-0.4, -0.2) is 212 Å². The summed E-state index contributed by atoms with van der Waals surface area (Å²) in [6.45, 7) is 5.35. The Kier molecular flexibility index (Phi) is 36.6. The van der Waals surface area contributed by atoms with Crippen molar-refractivity contribution < 1.29 is 102 Å². The van der Waals surface area contributed by atoms with Gasteiger partial charge < -0.3 is 113 Å². The smallest absolute Gasteiger partial charge is 0.328 e. The fraction of sp³-hybridized carbons (Fsp3) is 0.667. The first-order valence-electron chi connectivity index (χ1n) is 28.0. The van der Waals surface area contributed by atoms with Crippen LogP contribution in [0.2, 0.25) is 0 Å². The second-order valence-corrected chi connectivity index (χ2v) is 21.3. The van der Waals surface area contributed by atoms with Crippen molar-refractivity contribution in [3.8, 4) is 0 Å². The number of rotatable bonds is 45. The zero-order chi connectivity index (χ0) is 68.4. The van der Waals surface area contributed by atoms with Crippen LogP contribution in [0.3, 0.4) is 0 Å². The van der Waals surface area contributed by atoms with Gasteiger partial charge in [-0.25, -0.2) is 4.79 Å². The maximum absolute atomic E-state index is 14.2. The van der Waals surface area contributed by atoms with Gasteiger partial charge in [0, 0.05) is 32.2 Å². The number of aliphatic imine (C=N–C) groups is 1. The van der Waals surface area contributed by atoms with Crippen molar-refractivity contribution >= 4 is 101 Å².